The number of benzene rings is 2. The Labute approximate surface area is 149 Å². The van der Waals surface area contributed by atoms with E-state index in [4.69, 9.17) is 4.74 Å². The monoisotopic (exact) mass is 358 g/mol. The molecular weight excluding hydrogens is 340 g/mol. The van der Waals surface area contributed by atoms with Crippen LogP contribution in [0.2, 0.25) is 0 Å². The molecule has 24 heavy (non-hydrogen) atoms. The fourth-order valence-corrected chi connectivity index (χ4v) is 5.91. The number of hydrogen-bond acceptors (Lipinski definition) is 5. The number of fused-ring (bicyclic) bond motifs is 3. The van der Waals surface area contributed by atoms with Crippen molar-refractivity contribution < 1.29 is 14.6 Å². The predicted molar refractivity (Wildman–Crippen MR) is 99.1 cm³/mol. The van der Waals surface area contributed by atoms with Crippen molar-refractivity contribution in [3.8, 4) is 11.1 Å². The number of rotatable bonds is 3. The lowest BCUT2D eigenvalue weighted by Gasteiger charge is -2.25. The summed E-state index contributed by atoms with van der Waals surface area (Å²) >= 11 is 0. The largest absolute Gasteiger partial charge is 0.464 e. The molecule has 1 N–H and O–H groups in total. The first kappa shape index (κ1) is 16.1. The van der Waals surface area contributed by atoms with Gasteiger partial charge in [-0.25, -0.2) is 0 Å². The van der Waals surface area contributed by atoms with E-state index in [1.165, 1.54) is 22.3 Å². The minimum absolute atomic E-state index is 0.0733. The zero-order chi connectivity index (χ0) is 16.5. The molecule has 0 radical (unpaired) electrons. The van der Waals surface area contributed by atoms with Crippen molar-refractivity contribution in [2.45, 2.75) is 12.0 Å². The summed E-state index contributed by atoms with van der Waals surface area (Å²) < 4.78 is 5.63. The number of esters is 1. The second-order valence-electron chi connectivity index (χ2n) is 6.10. The van der Waals surface area contributed by atoms with Crippen LogP contribution in [-0.4, -0.2) is 35.3 Å². The normalized spacial score (nSPS) is 22.7. The highest BCUT2D eigenvalue weighted by atomic mass is 33.1. The third kappa shape index (κ3) is 2.85. The Morgan fingerprint density at radius 3 is 2.21 bits per heavy atom. The molecule has 2 atom stereocenters. The van der Waals surface area contributed by atoms with Gasteiger partial charge in [0.05, 0.1) is 12.0 Å². The lowest BCUT2D eigenvalue weighted by molar-refractivity contribution is -0.151. The number of ether oxygens (including phenoxy) is 1. The highest BCUT2D eigenvalue weighted by Gasteiger charge is 2.34. The molecule has 0 spiro atoms. The van der Waals surface area contributed by atoms with Crippen molar-refractivity contribution in [3.63, 3.8) is 0 Å². The third-order valence-corrected chi connectivity index (χ3v) is 7.15. The molecule has 1 heterocycles. The maximum absolute atomic E-state index is 12.4. The van der Waals surface area contributed by atoms with Crippen molar-refractivity contribution in [3.05, 3.63) is 59.7 Å². The first-order valence-electron chi connectivity index (χ1n) is 8.03. The Hall–Kier alpha value is -1.43. The topological polar surface area (TPSA) is 46.5 Å². The van der Waals surface area contributed by atoms with E-state index in [1.807, 2.05) is 24.3 Å². The van der Waals surface area contributed by atoms with E-state index >= 15 is 0 Å². The van der Waals surface area contributed by atoms with Crippen molar-refractivity contribution in [1.29, 1.82) is 0 Å². The van der Waals surface area contributed by atoms with E-state index in [0.29, 0.717) is 18.1 Å². The van der Waals surface area contributed by atoms with Crippen LogP contribution >= 0.6 is 21.6 Å². The lowest BCUT2D eigenvalue weighted by atomic mass is 9.98. The molecule has 2 aromatic rings. The van der Waals surface area contributed by atoms with E-state index < -0.39 is 12.0 Å². The standard InChI is InChI=1S/C19H18O3S2/c20-18-11-24-23-10-17(18)19(21)22-9-16-14-7-3-1-5-12(14)13-6-2-4-8-15(13)16/h1-8,16-18,20H,9-11H2. The molecule has 1 aliphatic carbocycles. The number of carbonyl (C=O) groups is 1. The SMILES string of the molecule is O=C(OCC1c2ccccc2-c2ccccc21)C1CSSCC1O. The molecule has 1 saturated heterocycles. The van der Waals surface area contributed by atoms with Gasteiger partial charge in [-0.1, -0.05) is 70.1 Å². The maximum atomic E-state index is 12.4. The minimum atomic E-state index is -0.605. The van der Waals surface area contributed by atoms with Crippen molar-refractivity contribution in [1.82, 2.24) is 0 Å². The molecule has 5 heteroatoms. The van der Waals surface area contributed by atoms with E-state index in [9.17, 15) is 9.90 Å². The Bertz CT molecular complexity index is 716. The molecule has 1 aliphatic heterocycles. The summed E-state index contributed by atoms with van der Waals surface area (Å²) in [4.78, 5) is 12.4. The van der Waals surface area contributed by atoms with E-state index in [1.54, 1.807) is 21.6 Å². The second kappa shape index (κ2) is 6.82. The molecule has 0 bridgehead atoms. The maximum Gasteiger partial charge on any atom is 0.312 e. The summed E-state index contributed by atoms with van der Waals surface area (Å²) in [6.45, 7) is 0.327. The summed E-state index contributed by atoms with van der Waals surface area (Å²) in [5, 5.41) is 10.0. The average molecular weight is 358 g/mol. The van der Waals surface area contributed by atoms with E-state index in [2.05, 4.69) is 24.3 Å². The van der Waals surface area contributed by atoms with Gasteiger partial charge in [-0.2, -0.15) is 0 Å². The van der Waals surface area contributed by atoms with Crippen LogP contribution in [0.5, 0.6) is 0 Å². The molecule has 1 fully saturated rings. The van der Waals surface area contributed by atoms with Crippen LogP contribution in [0.1, 0.15) is 17.0 Å². The van der Waals surface area contributed by atoms with Gasteiger partial charge >= 0.3 is 5.97 Å². The third-order valence-electron chi connectivity index (χ3n) is 4.69. The van der Waals surface area contributed by atoms with E-state index in [-0.39, 0.29) is 11.9 Å². The van der Waals surface area contributed by atoms with Crippen molar-refractivity contribution in [2.75, 3.05) is 18.1 Å². The Morgan fingerprint density at radius 2 is 1.58 bits per heavy atom. The Morgan fingerprint density at radius 1 is 1.00 bits per heavy atom. The minimum Gasteiger partial charge on any atom is -0.464 e. The van der Waals surface area contributed by atoms with Crippen molar-refractivity contribution in [2.24, 2.45) is 5.92 Å². The van der Waals surface area contributed by atoms with Crippen LogP contribution in [0.3, 0.4) is 0 Å². The smallest absolute Gasteiger partial charge is 0.312 e. The van der Waals surface area contributed by atoms with Gasteiger partial charge < -0.3 is 9.84 Å². The summed E-state index contributed by atoms with van der Waals surface area (Å²) in [6, 6.07) is 16.6. The van der Waals surface area contributed by atoms with Gasteiger partial charge in [0.15, 0.2) is 0 Å². The summed E-state index contributed by atoms with van der Waals surface area (Å²) in [6.07, 6.45) is -0.605. The van der Waals surface area contributed by atoms with Crippen LogP contribution in [-0.2, 0) is 9.53 Å². The molecule has 2 aliphatic rings. The molecule has 0 aromatic heterocycles. The van der Waals surface area contributed by atoms with Crippen LogP contribution in [0.15, 0.2) is 48.5 Å². The molecule has 0 saturated carbocycles. The van der Waals surface area contributed by atoms with Gasteiger partial charge in [0, 0.05) is 17.4 Å². The van der Waals surface area contributed by atoms with Gasteiger partial charge in [0.1, 0.15) is 6.61 Å². The Kier molecular flexibility index (Phi) is 4.57. The number of hydrogen-bond donors (Lipinski definition) is 1. The molecule has 2 unspecified atom stereocenters. The summed E-state index contributed by atoms with van der Waals surface area (Å²) in [5.41, 5.74) is 4.86. The average Bonchev–Trinajstić information content (AvgIpc) is 2.94. The fraction of sp³-hybridized carbons (Fsp3) is 0.316. The number of carbonyl (C=O) groups excluding carboxylic acids is 1. The zero-order valence-corrected chi connectivity index (χ0v) is 14.7. The van der Waals surface area contributed by atoms with Gasteiger partial charge in [-0.3, -0.25) is 4.79 Å². The van der Waals surface area contributed by atoms with Crippen LogP contribution in [0.25, 0.3) is 11.1 Å². The number of aliphatic hydroxyl groups excluding tert-OH is 1. The van der Waals surface area contributed by atoms with Gasteiger partial charge in [0.2, 0.25) is 0 Å². The first-order chi connectivity index (χ1) is 11.8. The van der Waals surface area contributed by atoms with E-state index in [0.717, 1.165) is 0 Å². The summed E-state index contributed by atoms with van der Waals surface area (Å²) in [7, 11) is 3.23. The molecular formula is C19H18O3S2. The quantitative estimate of drug-likeness (QED) is 0.669. The summed E-state index contributed by atoms with van der Waals surface area (Å²) in [5.74, 6) is 0.576. The molecule has 124 valence electrons. The first-order valence-corrected chi connectivity index (χ1v) is 10.5. The second-order valence-corrected chi connectivity index (χ2v) is 8.65. The van der Waals surface area contributed by atoms with Crippen LogP contribution < -0.4 is 0 Å². The molecule has 0 amide bonds. The fourth-order valence-electron chi connectivity index (χ4n) is 3.40. The van der Waals surface area contributed by atoms with Gasteiger partial charge in [0.25, 0.3) is 0 Å². The highest BCUT2D eigenvalue weighted by Crippen LogP contribution is 2.44. The lowest BCUT2D eigenvalue weighted by Crippen LogP contribution is -2.36. The van der Waals surface area contributed by atoms with Crippen molar-refractivity contribution >= 4 is 27.6 Å². The highest BCUT2D eigenvalue weighted by molar-refractivity contribution is 8.76. The van der Waals surface area contributed by atoms with Crippen LogP contribution in [0.4, 0.5) is 0 Å². The van der Waals surface area contributed by atoms with Crippen LogP contribution in [0, 0.1) is 5.92 Å². The number of aliphatic hydroxyl groups is 1. The van der Waals surface area contributed by atoms with Gasteiger partial charge in [-0.15, -0.1) is 0 Å². The zero-order valence-electron chi connectivity index (χ0n) is 13.1. The molecule has 4 rings (SSSR count). The Balaban J connectivity index is 1.53. The predicted octanol–water partition coefficient (Wildman–Crippen LogP) is 3.71. The molecule has 3 nitrogen and oxygen atoms in total. The molecule has 2 aromatic carbocycles. The van der Waals surface area contributed by atoms with Gasteiger partial charge in [-0.05, 0) is 22.3 Å².